The zero-order chi connectivity index (χ0) is 23.8. The number of fused-ring (bicyclic) bond motifs is 1. The number of nitrogens with zero attached hydrogens (tertiary/aromatic N) is 7. The first kappa shape index (κ1) is 22.9. The highest BCUT2D eigenvalue weighted by Gasteiger charge is 2.06. The van der Waals surface area contributed by atoms with Gasteiger partial charge in [0.25, 0.3) is 0 Å². The van der Waals surface area contributed by atoms with E-state index in [2.05, 4.69) is 61.6 Å². The lowest BCUT2D eigenvalue weighted by atomic mass is 10.1. The molecule has 0 amide bonds. The molecule has 7 nitrogen and oxygen atoms in total. The van der Waals surface area contributed by atoms with Crippen molar-refractivity contribution in [3.05, 3.63) is 84.9 Å². The monoisotopic (exact) mass is 449 g/mol. The lowest BCUT2D eigenvalue weighted by Gasteiger charge is -2.20. The molecule has 170 valence electrons. The highest BCUT2D eigenvalue weighted by molar-refractivity contribution is 5.99. The number of azo groups is 3. The van der Waals surface area contributed by atoms with Crippen LogP contribution in [0.1, 0.15) is 13.8 Å². The Morgan fingerprint density at radius 3 is 1.41 bits per heavy atom. The molecule has 0 saturated heterocycles. The van der Waals surface area contributed by atoms with Crippen molar-refractivity contribution in [2.45, 2.75) is 13.8 Å². The fourth-order valence-electron chi connectivity index (χ4n) is 3.69. The first-order valence-corrected chi connectivity index (χ1v) is 11.3. The predicted molar refractivity (Wildman–Crippen MR) is 139 cm³/mol. The van der Waals surface area contributed by atoms with E-state index in [9.17, 15) is 0 Å². The molecule has 0 aromatic heterocycles. The zero-order valence-corrected chi connectivity index (χ0v) is 19.6. The van der Waals surface area contributed by atoms with Crippen LogP contribution in [-0.2, 0) is 0 Å². The van der Waals surface area contributed by atoms with E-state index in [0.717, 1.165) is 52.3 Å². The first-order chi connectivity index (χ1) is 16.7. The van der Waals surface area contributed by atoms with Crippen LogP contribution in [0.3, 0.4) is 0 Å². The summed E-state index contributed by atoms with van der Waals surface area (Å²) in [5.74, 6) is 0. The van der Waals surface area contributed by atoms with Gasteiger partial charge in [-0.2, -0.15) is 20.5 Å². The second-order valence-corrected chi connectivity index (χ2v) is 7.55. The van der Waals surface area contributed by atoms with Gasteiger partial charge in [-0.3, -0.25) is 0 Å². The number of hydrogen-bond acceptors (Lipinski definition) is 7. The average Bonchev–Trinajstić information content (AvgIpc) is 2.89. The van der Waals surface area contributed by atoms with Crippen molar-refractivity contribution >= 4 is 44.9 Å². The summed E-state index contributed by atoms with van der Waals surface area (Å²) < 4.78 is 0. The van der Waals surface area contributed by atoms with Gasteiger partial charge in [0.2, 0.25) is 0 Å². The molecule has 0 N–H and O–H groups in total. The van der Waals surface area contributed by atoms with Gasteiger partial charge in [-0.05, 0) is 74.5 Å². The largest absolute Gasteiger partial charge is 0.372 e. The topological polar surface area (TPSA) is 77.4 Å². The maximum absolute atomic E-state index is 4.53. The Morgan fingerprint density at radius 1 is 0.529 bits per heavy atom. The van der Waals surface area contributed by atoms with Crippen LogP contribution < -0.4 is 4.90 Å². The molecule has 0 saturated carbocycles. The molecule has 0 aliphatic heterocycles. The van der Waals surface area contributed by atoms with Crippen molar-refractivity contribution in [1.82, 2.24) is 0 Å². The van der Waals surface area contributed by atoms with Crippen molar-refractivity contribution in [1.29, 1.82) is 0 Å². The van der Waals surface area contributed by atoms with Crippen LogP contribution in [0, 0.1) is 0 Å². The summed E-state index contributed by atoms with van der Waals surface area (Å²) in [5.41, 5.74) is 5.09. The minimum Gasteiger partial charge on any atom is -0.372 e. The Hall–Kier alpha value is -4.26. The Balaban J connectivity index is 1.58. The van der Waals surface area contributed by atoms with E-state index in [1.54, 1.807) is 7.05 Å². The minimum atomic E-state index is 0.746. The van der Waals surface area contributed by atoms with Crippen LogP contribution in [-0.4, -0.2) is 20.1 Å². The van der Waals surface area contributed by atoms with Gasteiger partial charge in [-0.1, -0.05) is 24.3 Å². The van der Waals surface area contributed by atoms with Gasteiger partial charge in [-0.25, -0.2) is 0 Å². The second-order valence-electron chi connectivity index (χ2n) is 7.55. The van der Waals surface area contributed by atoms with E-state index >= 15 is 0 Å². The zero-order valence-electron chi connectivity index (χ0n) is 19.6. The molecule has 4 rings (SSSR count). The standard InChI is InChI=1S/C27H27N7/c1-4-34(5-2)23-16-14-22(15-17-23)31-33-27-19-18-26(24-8-6-7-9-25(24)27)32-30-21-12-10-20(11-13-21)29-28-3/h6-19H,4-5H2,1-3H3. The molecule has 4 aromatic rings. The van der Waals surface area contributed by atoms with E-state index < -0.39 is 0 Å². The molecule has 0 fully saturated rings. The highest BCUT2D eigenvalue weighted by atomic mass is 15.1. The molecular formula is C27H27N7. The summed E-state index contributed by atoms with van der Waals surface area (Å²) >= 11 is 0. The van der Waals surface area contributed by atoms with Crippen LogP contribution in [0.5, 0.6) is 0 Å². The van der Waals surface area contributed by atoms with E-state index in [-0.39, 0.29) is 0 Å². The fraction of sp³-hybridized carbons (Fsp3) is 0.185. The van der Waals surface area contributed by atoms with E-state index in [0.29, 0.717) is 0 Å². The van der Waals surface area contributed by atoms with Gasteiger partial charge in [-0.15, -0.1) is 10.2 Å². The summed E-state index contributed by atoms with van der Waals surface area (Å²) in [4.78, 5) is 2.30. The Morgan fingerprint density at radius 2 is 0.971 bits per heavy atom. The predicted octanol–water partition coefficient (Wildman–Crippen LogP) is 9.23. The third kappa shape index (κ3) is 5.38. The SMILES string of the molecule is CCN(CC)c1ccc(N=Nc2ccc(N=Nc3ccc(N=NC)cc3)c3ccccc23)cc1. The first-order valence-electron chi connectivity index (χ1n) is 11.3. The molecule has 0 atom stereocenters. The van der Waals surface area contributed by atoms with Gasteiger partial charge >= 0.3 is 0 Å². The molecule has 7 heteroatoms. The van der Waals surface area contributed by atoms with Gasteiger partial charge in [0, 0.05) is 36.6 Å². The quantitative estimate of drug-likeness (QED) is 0.247. The average molecular weight is 450 g/mol. The van der Waals surface area contributed by atoms with Gasteiger partial charge in [0.15, 0.2) is 0 Å². The number of hydrogen-bond donors (Lipinski definition) is 0. The normalized spacial score (nSPS) is 11.9. The summed E-state index contributed by atoms with van der Waals surface area (Å²) in [6.07, 6.45) is 0. The van der Waals surface area contributed by atoms with Crippen molar-refractivity contribution in [3.63, 3.8) is 0 Å². The minimum absolute atomic E-state index is 0.746. The molecule has 0 heterocycles. The molecule has 0 aliphatic carbocycles. The number of benzene rings is 4. The van der Waals surface area contributed by atoms with Crippen molar-refractivity contribution < 1.29 is 0 Å². The Labute approximate surface area is 199 Å². The molecule has 0 unspecified atom stereocenters. The maximum Gasteiger partial charge on any atom is 0.0936 e. The Kier molecular flexibility index (Phi) is 7.45. The summed E-state index contributed by atoms with van der Waals surface area (Å²) in [5, 5.41) is 27.6. The van der Waals surface area contributed by atoms with Crippen LogP contribution in [0.15, 0.2) is 116 Å². The van der Waals surface area contributed by atoms with Crippen molar-refractivity contribution in [2.75, 3.05) is 25.0 Å². The molecule has 0 aliphatic rings. The molecule has 0 radical (unpaired) electrons. The van der Waals surface area contributed by atoms with Crippen molar-refractivity contribution in [3.8, 4) is 0 Å². The lowest BCUT2D eigenvalue weighted by molar-refractivity contribution is 0.866. The highest BCUT2D eigenvalue weighted by Crippen LogP contribution is 2.35. The van der Waals surface area contributed by atoms with E-state index in [1.165, 1.54) is 5.69 Å². The van der Waals surface area contributed by atoms with Crippen LogP contribution >= 0.6 is 0 Å². The van der Waals surface area contributed by atoms with Crippen LogP contribution in [0.25, 0.3) is 10.8 Å². The summed E-state index contributed by atoms with van der Waals surface area (Å²) in [6.45, 7) is 6.26. The van der Waals surface area contributed by atoms with E-state index in [1.807, 2.05) is 72.8 Å². The number of rotatable bonds is 8. The second kappa shape index (κ2) is 11.0. The third-order valence-corrected chi connectivity index (χ3v) is 5.47. The smallest absolute Gasteiger partial charge is 0.0936 e. The third-order valence-electron chi connectivity index (χ3n) is 5.47. The maximum atomic E-state index is 4.53. The van der Waals surface area contributed by atoms with Crippen LogP contribution in [0.2, 0.25) is 0 Å². The van der Waals surface area contributed by atoms with Gasteiger partial charge < -0.3 is 4.90 Å². The number of anilines is 1. The van der Waals surface area contributed by atoms with Crippen LogP contribution in [0.4, 0.5) is 34.1 Å². The summed E-state index contributed by atoms with van der Waals surface area (Å²) in [6, 6.07) is 27.5. The van der Waals surface area contributed by atoms with Gasteiger partial charge in [0.05, 0.1) is 28.4 Å². The van der Waals surface area contributed by atoms with E-state index in [4.69, 9.17) is 0 Å². The van der Waals surface area contributed by atoms with Gasteiger partial charge in [0.1, 0.15) is 0 Å². The lowest BCUT2D eigenvalue weighted by Crippen LogP contribution is -2.21. The molecule has 4 aromatic carbocycles. The fourth-order valence-corrected chi connectivity index (χ4v) is 3.69. The molecule has 34 heavy (non-hydrogen) atoms. The summed E-state index contributed by atoms with van der Waals surface area (Å²) in [7, 11) is 1.64. The van der Waals surface area contributed by atoms with Crippen molar-refractivity contribution in [2.24, 2.45) is 30.7 Å². The molecular weight excluding hydrogens is 422 g/mol. The molecule has 0 spiro atoms. The molecule has 0 bridgehead atoms. The Bertz CT molecular complexity index is 1320.